The molecule has 3 rings (SSSR count). The number of ether oxygens (including phenoxy) is 2. The number of nitrogens with zero attached hydrogens (tertiary/aromatic N) is 2. The van der Waals surface area contributed by atoms with Gasteiger partial charge >= 0.3 is 0 Å². The minimum Gasteiger partial charge on any atom is -0.474 e. The van der Waals surface area contributed by atoms with E-state index in [0.717, 1.165) is 5.56 Å². The molecule has 0 saturated heterocycles. The van der Waals surface area contributed by atoms with Gasteiger partial charge in [-0.25, -0.2) is 9.97 Å². The number of hydrogen-bond acceptors (Lipinski definition) is 6. The summed E-state index contributed by atoms with van der Waals surface area (Å²) < 4.78 is 16.2. The average Bonchev–Trinajstić information content (AvgIpc) is 3.17. The summed E-state index contributed by atoms with van der Waals surface area (Å²) in [6.45, 7) is 0.782. The fourth-order valence-corrected chi connectivity index (χ4v) is 2.56. The SMILES string of the molecule is COCCOc1ncccc1NC(=O)CCc1ncc(-c2ccc(Cl)cc2)o1. The number of methoxy groups -OCH3 is 1. The van der Waals surface area contributed by atoms with Crippen molar-refractivity contribution < 1.29 is 18.7 Å². The first-order valence-corrected chi connectivity index (χ1v) is 9.11. The van der Waals surface area contributed by atoms with Gasteiger partial charge in [0.05, 0.1) is 12.8 Å². The predicted molar refractivity (Wildman–Crippen MR) is 106 cm³/mol. The van der Waals surface area contributed by atoms with Gasteiger partial charge in [0.15, 0.2) is 11.7 Å². The third-order valence-electron chi connectivity index (χ3n) is 3.82. The Kier molecular flexibility index (Phi) is 7.00. The molecule has 3 aromatic rings. The van der Waals surface area contributed by atoms with E-state index < -0.39 is 0 Å². The van der Waals surface area contributed by atoms with Gasteiger partial charge in [0.1, 0.15) is 12.3 Å². The van der Waals surface area contributed by atoms with Crippen LogP contribution >= 0.6 is 11.6 Å². The zero-order chi connectivity index (χ0) is 19.8. The van der Waals surface area contributed by atoms with Gasteiger partial charge in [-0.15, -0.1) is 0 Å². The molecule has 0 atom stereocenters. The first kappa shape index (κ1) is 19.9. The summed E-state index contributed by atoms with van der Waals surface area (Å²) in [5.41, 5.74) is 1.39. The van der Waals surface area contributed by atoms with E-state index >= 15 is 0 Å². The molecule has 7 nitrogen and oxygen atoms in total. The quantitative estimate of drug-likeness (QED) is 0.545. The third kappa shape index (κ3) is 5.55. The number of carbonyl (C=O) groups excluding carboxylic acids is 1. The number of aromatic nitrogens is 2. The van der Waals surface area contributed by atoms with Crippen molar-refractivity contribution in [1.29, 1.82) is 0 Å². The molecule has 8 heteroatoms. The lowest BCUT2D eigenvalue weighted by atomic mass is 10.2. The molecule has 0 unspecified atom stereocenters. The van der Waals surface area contributed by atoms with E-state index in [4.69, 9.17) is 25.5 Å². The number of nitrogens with one attached hydrogen (secondary N) is 1. The van der Waals surface area contributed by atoms with Crippen molar-refractivity contribution in [1.82, 2.24) is 9.97 Å². The van der Waals surface area contributed by atoms with Crippen molar-refractivity contribution in [2.75, 3.05) is 25.6 Å². The zero-order valence-electron chi connectivity index (χ0n) is 15.4. The van der Waals surface area contributed by atoms with Gasteiger partial charge < -0.3 is 19.2 Å². The lowest BCUT2D eigenvalue weighted by Gasteiger charge is -2.10. The summed E-state index contributed by atoms with van der Waals surface area (Å²) in [4.78, 5) is 20.6. The van der Waals surface area contributed by atoms with Crippen molar-refractivity contribution in [2.24, 2.45) is 0 Å². The number of amides is 1. The zero-order valence-corrected chi connectivity index (χ0v) is 16.1. The summed E-state index contributed by atoms with van der Waals surface area (Å²) in [5.74, 6) is 1.29. The largest absolute Gasteiger partial charge is 0.474 e. The van der Waals surface area contributed by atoms with Crippen LogP contribution in [-0.4, -0.2) is 36.2 Å². The molecule has 1 N–H and O–H groups in total. The van der Waals surface area contributed by atoms with E-state index in [-0.39, 0.29) is 12.3 Å². The van der Waals surface area contributed by atoms with Crippen LogP contribution in [0, 0.1) is 0 Å². The van der Waals surface area contributed by atoms with Gasteiger partial charge in [-0.3, -0.25) is 4.79 Å². The Morgan fingerprint density at radius 1 is 1.18 bits per heavy atom. The number of oxazole rings is 1. The summed E-state index contributed by atoms with van der Waals surface area (Å²) in [7, 11) is 1.59. The van der Waals surface area contributed by atoms with Crippen LogP contribution in [0.25, 0.3) is 11.3 Å². The molecule has 146 valence electrons. The summed E-state index contributed by atoms with van der Waals surface area (Å²) in [6.07, 6.45) is 3.83. The Morgan fingerprint density at radius 2 is 2.00 bits per heavy atom. The smallest absolute Gasteiger partial charge is 0.237 e. The van der Waals surface area contributed by atoms with Gasteiger partial charge in [-0.1, -0.05) is 11.6 Å². The first-order valence-electron chi connectivity index (χ1n) is 8.73. The van der Waals surface area contributed by atoms with Crippen molar-refractivity contribution in [2.45, 2.75) is 12.8 Å². The minimum absolute atomic E-state index is 0.184. The lowest BCUT2D eigenvalue weighted by Crippen LogP contribution is -2.14. The Labute approximate surface area is 167 Å². The lowest BCUT2D eigenvalue weighted by molar-refractivity contribution is -0.116. The molecule has 0 fully saturated rings. The maximum atomic E-state index is 12.3. The second-order valence-electron chi connectivity index (χ2n) is 5.87. The summed E-state index contributed by atoms with van der Waals surface area (Å²) in [5, 5.41) is 3.45. The highest BCUT2D eigenvalue weighted by Crippen LogP contribution is 2.23. The van der Waals surface area contributed by atoms with E-state index in [1.807, 2.05) is 12.1 Å². The topological polar surface area (TPSA) is 86.5 Å². The Bertz CT molecular complexity index is 912. The van der Waals surface area contributed by atoms with E-state index in [1.165, 1.54) is 0 Å². The summed E-state index contributed by atoms with van der Waals surface area (Å²) >= 11 is 5.89. The maximum Gasteiger partial charge on any atom is 0.237 e. The molecule has 0 aliphatic heterocycles. The number of anilines is 1. The van der Waals surface area contributed by atoms with Crippen molar-refractivity contribution in [3.8, 4) is 17.2 Å². The number of rotatable bonds is 9. The van der Waals surface area contributed by atoms with E-state index in [0.29, 0.717) is 47.9 Å². The molecule has 0 bridgehead atoms. The molecule has 0 aliphatic rings. The Morgan fingerprint density at radius 3 is 2.79 bits per heavy atom. The number of benzene rings is 1. The van der Waals surface area contributed by atoms with Gasteiger partial charge in [-0.05, 0) is 36.4 Å². The highest BCUT2D eigenvalue weighted by molar-refractivity contribution is 6.30. The highest BCUT2D eigenvalue weighted by Gasteiger charge is 2.12. The number of halogens is 1. The van der Waals surface area contributed by atoms with Crippen molar-refractivity contribution in [3.63, 3.8) is 0 Å². The minimum atomic E-state index is -0.184. The van der Waals surface area contributed by atoms with Crippen LogP contribution in [0.5, 0.6) is 5.88 Å². The van der Waals surface area contributed by atoms with Crippen LogP contribution < -0.4 is 10.1 Å². The van der Waals surface area contributed by atoms with Gasteiger partial charge in [-0.2, -0.15) is 0 Å². The van der Waals surface area contributed by atoms with E-state index in [1.54, 1.807) is 43.8 Å². The van der Waals surface area contributed by atoms with Gasteiger partial charge in [0, 0.05) is 36.7 Å². The Hall–Kier alpha value is -2.90. The van der Waals surface area contributed by atoms with Crippen molar-refractivity contribution in [3.05, 3.63) is 59.7 Å². The number of carbonyl (C=O) groups is 1. The molecule has 0 aliphatic carbocycles. The van der Waals surface area contributed by atoms with Gasteiger partial charge in [0.2, 0.25) is 11.8 Å². The molecular weight excluding hydrogens is 382 g/mol. The molecule has 1 aromatic carbocycles. The first-order chi connectivity index (χ1) is 13.7. The van der Waals surface area contributed by atoms with Crippen LogP contribution in [0.4, 0.5) is 5.69 Å². The van der Waals surface area contributed by atoms with Crippen LogP contribution in [0.3, 0.4) is 0 Å². The number of pyridine rings is 1. The fraction of sp³-hybridized carbons (Fsp3) is 0.250. The van der Waals surface area contributed by atoms with Crippen LogP contribution in [0.2, 0.25) is 5.02 Å². The molecule has 28 heavy (non-hydrogen) atoms. The molecule has 0 spiro atoms. The standard InChI is InChI=1S/C20H20ClN3O4/c1-26-11-12-27-20-16(3-2-10-22-20)24-18(25)8-9-19-23-13-17(28-19)14-4-6-15(21)7-5-14/h2-7,10,13H,8-9,11-12H2,1H3,(H,24,25). The molecule has 0 radical (unpaired) electrons. The molecule has 2 aromatic heterocycles. The van der Waals surface area contributed by atoms with Crippen molar-refractivity contribution >= 4 is 23.2 Å². The van der Waals surface area contributed by atoms with Crippen LogP contribution in [0.1, 0.15) is 12.3 Å². The number of hydrogen-bond donors (Lipinski definition) is 1. The predicted octanol–water partition coefficient (Wildman–Crippen LogP) is 3.99. The molecular formula is C20H20ClN3O4. The monoisotopic (exact) mass is 401 g/mol. The van der Waals surface area contributed by atoms with Crippen LogP contribution in [0.15, 0.2) is 53.2 Å². The van der Waals surface area contributed by atoms with E-state index in [2.05, 4.69) is 15.3 Å². The van der Waals surface area contributed by atoms with E-state index in [9.17, 15) is 4.79 Å². The summed E-state index contributed by atoms with van der Waals surface area (Å²) in [6, 6.07) is 10.7. The normalized spacial score (nSPS) is 10.6. The average molecular weight is 402 g/mol. The number of aryl methyl sites for hydroxylation is 1. The van der Waals surface area contributed by atoms with Crippen LogP contribution in [-0.2, 0) is 16.0 Å². The third-order valence-corrected chi connectivity index (χ3v) is 4.07. The van der Waals surface area contributed by atoms with Gasteiger partial charge in [0.25, 0.3) is 0 Å². The second kappa shape index (κ2) is 9.87. The fourth-order valence-electron chi connectivity index (χ4n) is 2.43. The molecule has 0 saturated carbocycles. The highest BCUT2D eigenvalue weighted by atomic mass is 35.5. The molecule has 1 amide bonds. The second-order valence-corrected chi connectivity index (χ2v) is 6.31. The maximum absolute atomic E-state index is 12.3. The molecule has 2 heterocycles. The Balaban J connectivity index is 1.54.